The largest absolute Gasteiger partial charge is 0.496 e. The van der Waals surface area contributed by atoms with Crippen LogP contribution in [0, 0.1) is 5.92 Å². The molecule has 26 heavy (non-hydrogen) atoms. The maximum absolute atomic E-state index is 12.2. The average molecular weight is 377 g/mol. The monoisotopic (exact) mass is 376 g/mol. The number of para-hydroxylation sites is 1. The van der Waals surface area contributed by atoms with E-state index in [9.17, 15) is 4.79 Å². The minimum Gasteiger partial charge on any atom is -0.496 e. The summed E-state index contributed by atoms with van der Waals surface area (Å²) in [6, 6.07) is 15.5. The SMILES string of the molecule is COc1ccccc1-c1ccc(C(C)NC(=O)[C@@H](N)CC(C)C)cc1.Cl. The van der Waals surface area contributed by atoms with E-state index in [0.29, 0.717) is 12.3 Å². The molecular formula is C21H29ClN2O2. The quantitative estimate of drug-likeness (QED) is 0.755. The van der Waals surface area contributed by atoms with Crippen LogP contribution in [0.1, 0.15) is 38.8 Å². The normalized spacial score (nSPS) is 12.8. The Morgan fingerprint density at radius 1 is 1.08 bits per heavy atom. The summed E-state index contributed by atoms with van der Waals surface area (Å²) in [5.74, 6) is 1.14. The highest BCUT2D eigenvalue weighted by Crippen LogP contribution is 2.30. The molecular weight excluding hydrogens is 348 g/mol. The summed E-state index contributed by atoms with van der Waals surface area (Å²) in [6.45, 7) is 6.10. The van der Waals surface area contributed by atoms with Gasteiger partial charge in [0, 0.05) is 5.56 Å². The third-order valence-electron chi connectivity index (χ3n) is 4.25. The van der Waals surface area contributed by atoms with Crippen molar-refractivity contribution in [3.8, 4) is 16.9 Å². The predicted molar refractivity (Wildman–Crippen MR) is 110 cm³/mol. The van der Waals surface area contributed by atoms with Crippen molar-refractivity contribution in [3.63, 3.8) is 0 Å². The summed E-state index contributed by atoms with van der Waals surface area (Å²) in [5, 5.41) is 2.99. The van der Waals surface area contributed by atoms with Crippen LogP contribution < -0.4 is 15.8 Å². The van der Waals surface area contributed by atoms with Crippen LogP contribution in [-0.2, 0) is 4.79 Å². The van der Waals surface area contributed by atoms with Gasteiger partial charge in [-0.1, -0.05) is 56.3 Å². The summed E-state index contributed by atoms with van der Waals surface area (Å²) in [4.78, 5) is 12.2. The summed E-state index contributed by atoms with van der Waals surface area (Å²) >= 11 is 0. The lowest BCUT2D eigenvalue weighted by atomic mass is 10.00. The molecule has 142 valence electrons. The molecule has 0 radical (unpaired) electrons. The van der Waals surface area contributed by atoms with Gasteiger partial charge in [-0.05, 0) is 36.5 Å². The zero-order chi connectivity index (χ0) is 18.4. The van der Waals surface area contributed by atoms with Gasteiger partial charge in [0.2, 0.25) is 5.91 Å². The maximum atomic E-state index is 12.2. The highest BCUT2D eigenvalue weighted by molar-refractivity contribution is 5.85. The molecule has 0 aliphatic carbocycles. The fourth-order valence-corrected chi connectivity index (χ4v) is 2.85. The zero-order valence-electron chi connectivity index (χ0n) is 15.9. The number of carbonyl (C=O) groups is 1. The molecule has 0 bridgehead atoms. The Morgan fingerprint density at radius 2 is 1.69 bits per heavy atom. The summed E-state index contributed by atoms with van der Waals surface area (Å²) in [7, 11) is 1.67. The van der Waals surface area contributed by atoms with E-state index in [2.05, 4.69) is 19.2 Å². The summed E-state index contributed by atoms with van der Waals surface area (Å²) < 4.78 is 5.42. The average Bonchev–Trinajstić information content (AvgIpc) is 2.61. The molecule has 0 fully saturated rings. The second-order valence-corrected chi connectivity index (χ2v) is 6.79. The topological polar surface area (TPSA) is 64.3 Å². The molecule has 3 N–H and O–H groups in total. The molecule has 0 aliphatic heterocycles. The molecule has 5 heteroatoms. The van der Waals surface area contributed by atoms with Crippen molar-refractivity contribution in [1.82, 2.24) is 5.32 Å². The molecule has 0 spiro atoms. The molecule has 0 aromatic heterocycles. The third kappa shape index (κ3) is 5.75. The van der Waals surface area contributed by atoms with Crippen LogP contribution in [0.4, 0.5) is 0 Å². The number of benzene rings is 2. The number of hydrogen-bond donors (Lipinski definition) is 2. The van der Waals surface area contributed by atoms with Crippen LogP contribution in [0.3, 0.4) is 0 Å². The van der Waals surface area contributed by atoms with E-state index in [0.717, 1.165) is 22.4 Å². The first-order valence-corrected chi connectivity index (χ1v) is 8.71. The molecule has 0 aliphatic rings. The van der Waals surface area contributed by atoms with Crippen molar-refractivity contribution in [2.75, 3.05) is 7.11 Å². The van der Waals surface area contributed by atoms with Gasteiger partial charge in [-0.2, -0.15) is 0 Å². The molecule has 4 nitrogen and oxygen atoms in total. The summed E-state index contributed by atoms with van der Waals surface area (Å²) in [5.41, 5.74) is 9.12. The van der Waals surface area contributed by atoms with Gasteiger partial charge in [0.15, 0.2) is 0 Å². The van der Waals surface area contributed by atoms with Crippen molar-refractivity contribution >= 4 is 18.3 Å². The molecule has 0 saturated carbocycles. The van der Waals surface area contributed by atoms with Gasteiger partial charge >= 0.3 is 0 Å². The van der Waals surface area contributed by atoms with E-state index >= 15 is 0 Å². The number of ether oxygens (including phenoxy) is 1. The fourth-order valence-electron chi connectivity index (χ4n) is 2.85. The van der Waals surface area contributed by atoms with Gasteiger partial charge in [0.1, 0.15) is 5.75 Å². The van der Waals surface area contributed by atoms with Gasteiger partial charge in [0.25, 0.3) is 0 Å². The van der Waals surface area contributed by atoms with Crippen molar-refractivity contribution < 1.29 is 9.53 Å². The Morgan fingerprint density at radius 3 is 2.27 bits per heavy atom. The van der Waals surface area contributed by atoms with Gasteiger partial charge in [-0.3, -0.25) is 4.79 Å². The maximum Gasteiger partial charge on any atom is 0.237 e. The lowest BCUT2D eigenvalue weighted by molar-refractivity contribution is -0.123. The first-order chi connectivity index (χ1) is 11.9. The van der Waals surface area contributed by atoms with Crippen LogP contribution in [0.15, 0.2) is 48.5 Å². The smallest absolute Gasteiger partial charge is 0.237 e. The molecule has 2 aromatic rings. The summed E-state index contributed by atoms with van der Waals surface area (Å²) in [6.07, 6.45) is 0.686. The standard InChI is InChI=1S/C21H28N2O2.ClH/c1-14(2)13-19(22)21(24)23-15(3)16-9-11-17(12-10-16)18-7-5-6-8-20(18)25-4;/h5-12,14-15,19H,13,22H2,1-4H3,(H,23,24);1H/t15?,19-;/m0./s1. The Bertz CT molecular complexity index is 701. The van der Waals surface area contributed by atoms with E-state index in [1.807, 2.05) is 55.5 Å². The molecule has 2 atom stereocenters. The second kappa shape index (κ2) is 10.2. The Balaban J connectivity index is 0.00000338. The van der Waals surface area contributed by atoms with Gasteiger partial charge in [-0.25, -0.2) is 0 Å². The number of methoxy groups -OCH3 is 1. The highest BCUT2D eigenvalue weighted by Gasteiger charge is 2.17. The van der Waals surface area contributed by atoms with Crippen molar-refractivity contribution in [1.29, 1.82) is 0 Å². The second-order valence-electron chi connectivity index (χ2n) is 6.79. The van der Waals surface area contributed by atoms with Crippen LogP contribution in [0.5, 0.6) is 5.75 Å². The molecule has 2 rings (SSSR count). The van der Waals surface area contributed by atoms with Gasteiger partial charge < -0.3 is 15.8 Å². The Kier molecular flexibility index (Phi) is 8.62. The number of amides is 1. The van der Waals surface area contributed by atoms with E-state index in [1.54, 1.807) is 7.11 Å². The number of rotatable bonds is 7. The van der Waals surface area contributed by atoms with E-state index in [4.69, 9.17) is 10.5 Å². The van der Waals surface area contributed by atoms with Gasteiger partial charge in [0.05, 0.1) is 19.2 Å². The third-order valence-corrected chi connectivity index (χ3v) is 4.25. The molecule has 0 saturated heterocycles. The molecule has 2 aromatic carbocycles. The lowest BCUT2D eigenvalue weighted by Gasteiger charge is -2.19. The molecule has 1 unspecified atom stereocenters. The first-order valence-electron chi connectivity index (χ1n) is 8.71. The molecule has 0 heterocycles. The van der Waals surface area contributed by atoms with Crippen LogP contribution in [0.2, 0.25) is 0 Å². The number of halogens is 1. The highest BCUT2D eigenvalue weighted by atomic mass is 35.5. The fraction of sp³-hybridized carbons (Fsp3) is 0.381. The predicted octanol–water partition coefficient (Wildman–Crippen LogP) is 4.33. The lowest BCUT2D eigenvalue weighted by Crippen LogP contribution is -2.42. The minimum atomic E-state index is -0.463. The van der Waals surface area contributed by atoms with Crippen molar-refractivity contribution in [2.45, 2.75) is 39.3 Å². The van der Waals surface area contributed by atoms with Gasteiger partial charge in [-0.15, -0.1) is 12.4 Å². The molecule has 1 amide bonds. The number of nitrogens with two attached hydrogens (primary N) is 1. The van der Waals surface area contributed by atoms with E-state index in [1.165, 1.54) is 0 Å². The van der Waals surface area contributed by atoms with Crippen molar-refractivity contribution in [3.05, 3.63) is 54.1 Å². The minimum absolute atomic E-state index is 0. The number of hydrogen-bond acceptors (Lipinski definition) is 3. The zero-order valence-corrected chi connectivity index (χ0v) is 16.7. The van der Waals surface area contributed by atoms with Crippen LogP contribution in [0.25, 0.3) is 11.1 Å². The van der Waals surface area contributed by atoms with E-state index < -0.39 is 6.04 Å². The Labute approximate surface area is 162 Å². The Hall–Kier alpha value is -2.04. The van der Waals surface area contributed by atoms with Crippen molar-refractivity contribution in [2.24, 2.45) is 11.7 Å². The first kappa shape index (κ1) is 22.0. The number of nitrogens with one attached hydrogen (secondary N) is 1. The van der Waals surface area contributed by atoms with E-state index in [-0.39, 0.29) is 24.4 Å². The number of carbonyl (C=O) groups excluding carboxylic acids is 1. The van der Waals surface area contributed by atoms with Crippen LogP contribution >= 0.6 is 12.4 Å². The van der Waals surface area contributed by atoms with Crippen LogP contribution in [-0.4, -0.2) is 19.1 Å².